The molecule has 5 heteroatoms. The summed E-state index contributed by atoms with van der Waals surface area (Å²) in [7, 11) is 1.48. The molecule has 0 aliphatic carbocycles. The Labute approximate surface area is 113 Å². The minimum atomic E-state index is -1.02. The van der Waals surface area contributed by atoms with Crippen LogP contribution in [0.15, 0.2) is 24.3 Å². The molecule has 0 aliphatic rings. The fourth-order valence-electron chi connectivity index (χ4n) is 1.90. The molecule has 0 heterocycles. The largest absolute Gasteiger partial charge is 0.480 e. The van der Waals surface area contributed by atoms with Gasteiger partial charge in [-0.05, 0) is 38.1 Å². The SMILES string of the molecule is CCN(CC)c1ccc(C(=O)N(C)CC(=O)O)cc1. The summed E-state index contributed by atoms with van der Waals surface area (Å²) < 4.78 is 0. The van der Waals surface area contributed by atoms with Crippen LogP contribution in [0.25, 0.3) is 0 Å². The zero-order valence-corrected chi connectivity index (χ0v) is 11.6. The smallest absolute Gasteiger partial charge is 0.323 e. The van der Waals surface area contributed by atoms with Gasteiger partial charge in [0.15, 0.2) is 0 Å². The number of aliphatic carboxylic acids is 1. The average molecular weight is 264 g/mol. The molecule has 1 N–H and O–H groups in total. The molecule has 0 spiro atoms. The van der Waals surface area contributed by atoms with Gasteiger partial charge in [0.25, 0.3) is 5.91 Å². The molecule has 1 rings (SSSR count). The van der Waals surface area contributed by atoms with E-state index in [4.69, 9.17) is 5.11 Å². The number of likely N-dealkylation sites (N-methyl/N-ethyl adjacent to an activating group) is 1. The van der Waals surface area contributed by atoms with E-state index in [0.29, 0.717) is 5.56 Å². The molecular weight excluding hydrogens is 244 g/mol. The van der Waals surface area contributed by atoms with E-state index in [1.807, 2.05) is 12.1 Å². The van der Waals surface area contributed by atoms with E-state index < -0.39 is 5.97 Å². The molecule has 5 nitrogen and oxygen atoms in total. The molecule has 1 aromatic carbocycles. The van der Waals surface area contributed by atoms with E-state index in [2.05, 4.69) is 18.7 Å². The van der Waals surface area contributed by atoms with Crippen molar-refractivity contribution >= 4 is 17.6 Å². The first-order valence-electron chi connectivity index (χ1n) is 6.31. The summed E-state index contributed by atoms with van der Waals surface area (Å²) in [4.78, 5) is 25.9. The first-order chi connectivity index (χ1) is 8.99. The normalized spacial score (nSPS) is 10.1. The fourth-order valence-corrected chi connectivity index (χ4v) is 1.90. The van der Waals surface area contributed by atoms with Gasteiger partial charge in [0, 0.05) is 31.4 Å². The minimum absolute atomic E-state index is 0.284. The molecule has 0 radical (unpaired) electrons. The Morgan fingerprint density at radius 1 is 1.11 bits per heavy atom. The number of carbonyl (C=O) groups is 2. The number of amides is 1. The van der Waals surface area contributed by atoms with E-state index in [9.17, 15) is 9.59 Å². The fraction of sp³-hybridized carbons (Fsp3) is 0.429. The predicted molar refractivity (Wildman–Crippen MR) is 74.6 cm³/mol. The second-order valence-corrected chi connectivity index (χ2v) is 4.27. The molecule has 0 saturated carbocycles. The third-order valence-corrected chi connectivity index (χ3v) is 2.96. The van der Waals surface area contributed by atoms with Crippen molar-refractivity contribution in [1.82, 2.24) is 4.90 Å². The standard InChI is InChI=1S/C14H20N2O3/c1-4-16(5-2)12-8-6-11(7-9-12)14(19)15(3)10-13(17)18/h6-9H,4-5,10H2,1-3H3,(H,17,18). The summed E-state index contributed by atoms with van der Waals surface area (Å²) in [6, 6.07) is 7.23. The number of hydrogen-bond acceptors (Lipinski definition) is 3. The van der Waals surface area contributed by atoms with Gasteiger partial charge in [0.2, 0.25) is 0 Å². The van der Waals surface area contributed by atoms with E-state index >= 15 is 0 Å². The van der Waals surface area contributed by atoms with Gasteiger partial charge in [-0.1, -0.05) is 0 Å². The van der Waals surface area contributed by atoms with E-state index in [1.54, 1.807) is 12.1 Å². The molecule has 0 bridgehead atoms. The van der Waals surface area contributed by atoms with Crippen molar-refractivity contribution < 1.29 is 14.7 Å². The molecule has 0 saturated heterocycles. The predicted octanol–water partition coefficient (Wildman–Crippen LogP) is 1.69. The zero-order chi connectivity index (χ0) is 14.4. The summed E-state index contributed by atoms with van der Waals surface area (Å²) in [5.41, 5.74) is 1.56. The van der Waals surface area contributed by atoms with Crippen molar-refractivity contribution in [3.8, 4) is 0 Å². The van der Waals surface area contributed by atoms with Gasteiger partial charge in [-0.15, -0.1) is 0 Å². The van der Waals surface area contributed by atoms with Crippen LogP contribution in [0.5, 0.6) is 0 Å². The maximum atomic E-state index is 11.9. The lowest BCUT2D eigenvalue weighted by atomic mass is 10.1. The number of hydrogen-bond donors (Lipinski definition) is 1. The van der Waals surface area contributed by atoms with Gasteiger partial charge in [0.1, 0.15) is 6.54 Å². The Bertz CT molecular complexity index is 439. The monoisotopic (exact) mass is 264 g/mol. The Hall–Kier alpha value is -2.04. The summed E-state index contributed by atoms with van der Waals surface area (Å²) >= 11 is 0. The zero-order valence-electron chi connectivity index (χ0n) is 11.6. The quantitative estimate of drug-likeness (QED) is 0.849. The molecule has 19 heavy (non-hydrogen) atoms. The van der Waals surface area contributed by atoms with Crippen LogP contribution in [-0.2, 0) is 4.79 Å². The lowest BCUT2D eigenvalue weighted by molar-refractivity contribution is -0.137. The van der Waals surface area contributed by atoms with Crippen LogP contribution < -0.4 is 4.90 Å². The number of nitrogens with zero attached hydrogens (tertiary/aromatic N) is 2. The molecule has 0 fully saturated rings. The topological polar surface area (TPSA) is 60.9 Å². The highest BCUT2D eigenvalue weighted by Crippen LogP contribution is 2.15. The molecule has 0 aromatic heterocycles. The maximum Gasteiger partial charge on any atom is 0.323 e. The van der Waals surface area contributed by atoms with Crippen molar-refractivity contribution in [1.29, 1.82) is 0 Å². The molecule has 0 atom stereocenters. The highest BCUT2D eigenvalue weighted by molar-refractivity contribution is 5.95. The summed E-state index contributed by atoms with van der Waals surface area (Å²) in [6.45, 7) is 5.66. The van der Waals surface area contributed by atoms with E-state index in [0.717, 1.165) is 18.8 Å². The van der Waals surface area contributed by atoms with Gasteiger partial charge in [-0.25, -0.2) is 0 Å². The summed E-state index contributed by atoms with van der Waals surface area (Å²) in [6.07, 6.45) is 0. The van der Waals surface area contributed by atoms with Crippen LogP contribution in [0.2, 0.25) is 0 Å². The Kier molecular flexibility index (Phi) is 5.36. The molecule has 1 amide bonds. The lowest BCUT2D eigenvalue weighted by Gasteiger charge is -2.21. The van der Waals surface area contributed by atoms with E-state index in [-0.39, 0.29) is 12.5 Å². The second kappa shape index (κ2) is 6.78. The number of carbonyl (C=O) groups excluding carboxylic acids is 1. The number of rotatable bonds is 6. The Morgan fingerprint density at radius 2 is 1.63 bits per heavy atom. The second-order valence-electron chi connectivity index (χ2n) is 4.27. The molecule has 1 aromatic rings. The first kappa shape index (κ1) is 15.0. The van der Waals surface area contributed by atoms with Crippen molar-refractivity contribution in [3.05, 3.63) is 29.8 Å². The number of anilines is 1. The maximum absolute atomic E-state index is 11.9. The third kappa shape index (κ3) is 3.98. The van der Waals surface area contributed by atoms with Gasteiger partial charge >= 0.3 is 5.97 Å². The highest BCUT2D eigenvalue weighted by Gasteiger charge is 2.14. The number of benzene rings is 1. The summed E-state index contributed by atoms with van der Waals surface area (Å²) in [5, 5.41) is 8.66. The molecular formula is C14H20N2O3. The van der Waals surface area contributed by atoms with Crippen molar-refractivity contribution in [2.45, 2.75) is 13.8 Å². The Balaban J connectivity index is 2.81. The third-order valence-electron chi connectivity index (χ3n) is 2.96. The van der Waals surface area contributed by atoms with Gasteiger partial charge < -0.3 is 14.9 Å². The highest BCUT2D eigenvalue weighted by atomic mass is 16.4. The molecule has 0 unspecified atom stereocenters. The van der Waals surface area contributed by atoms with Gasteiger partial charge in [0.05, 0.1) is 0 Å². The number of carboxylic acids is 1. The molecule has 0 aliphatic heterocycles. The van der Waals surface area contributed by atoms with E-state index in [1.165, 1.54) is 11.9 Å². The lowest BCUT2D eigenvalue weighted by Crippen LogP contribution is -2.32. The van der Waals surface area contributed by atoms with Crippen LogP contribution in [0.1, 0.15) is 24.2 Å². The van der Waals surface area contributed by atoms with Crippen LogP contribution in [0, 0.1) is 0 Å². The number of carboxylic acid groups (broad SMARTS) is 1. The van der Waals surface area contributed by atoms with Crippen molar-refractivity contribution in [3.63, 3.8) is 0 Å². The summed E-state index contributed by atoms with van der Waals surface area (Å²) in [5.74, 6) is -1.30. The van der Waals surface area contributed by atoms with Gasteiger partial charge in [-0.3, -0.25) is 9.59 Å². The van der Waals surface area contributed by atoms with Crippen LogP contribution in [0.4, 0.5) is 5.69 Å². The van der Waals surface area contributed by atoms with Gasteiger partial charge in [-0.2, -0.15) is 0 Å². The van der Waals surface area contributed by atoms with Crippen LogP contribution in [-0.4, -0.2) is 48.6 Å². The van der Waals surface area contributed by atoms with Crippen molar-refractivity contribution in [2.75, 3.05) is 31.6 Å². The minimum Gasteiger partial charge on any atom is -0.480 e. The Morgan fingerprint density at radius 3 is 2.05 bits per heavy atom. The van der Waals surface area contributed by atoms with Crippen molar-refractivity contribution in [2.24, 2.45) is 0 Å². The first-order valence-corrected chi connectivity index (χ1v) is 6.31. The average Bonchev–Trinajstić information content (AvgIpc) is 2.39. The van der Waals surface area contributed by atoms with Crippen LogP contribution in [0.3, 0.4) is 0 Å². The molecule has 104 valence electrons. The van der Waals surface area contributed by atoms with Crippen LogP contribution >= 0.6 is 0 Å².